The number of hydrogen-bond acceptors (Lipinski definition) is 3. The van der Waals surface area contributed by atoms with Crippen LogP contribution in [0.3, 0.4) is 0 Å². The first-order valence-electron chi connectivity index (χ1n) is 6.33. The van der Waals surface area contributed by atoms with Gasteiger partial charge in [0.15, 0.2) is 0 Å². The highest BCUT2D eigenvalue weighted by molar-refractivity contribution is 7.98. The highest BCUT2D eigenvalue weighted by Gasteiger charge is 1.99. The van der Waals surface area contributed by atoms with Gasteiger partial charge in [0.05, 0.1) is 6.54 Å². The van der Waals surface area contributed by atoms with Crippen LogP contribution in [-0.4, -0.2) is 31.0 Å². The van der Waals surface area contributed by atoms with Gasteiger partial charge >= 0.3 is 0 Å². The van der Waals surface area contributed by atoms with Crippen LogP contribution in [0.25, 0.3) is 0 Å². The molecule has 0 radical (unpaired) electrons. The molecule has 1 rings (SSSR count). The lowest BCUT2D eigenvalue weighted by molar-refractivity contribution is -0.120. The molecule has 0 spiro atoms. The molecule has 0 saturated heterocycles. The molecule has 0 saturated carbocycles. The Labute approximate surface area is 114 Å². The maximum absolute atomic E-state index is 11.5. The van der Waals surface area contributed by atoms with Crippen LogP contribution in [0.5, 0.6) is 0 Å². The lowest BCUT2D eigenvalue weighted by Gasteiger charge is -2.06. The summed E-state index contributed by atoms with van der Waals surface area (Å²) in [5.74, 6) is 1.26. The monoisotopic (exact) mass is 266 g/mol. The van der Waals surface area contributed by atoms with Crippen LogP contribution < -0.4 is 10.6 Å². The van der Waals surface area contributed by atoms with Crippen molar-refractivity contribution in [2.24, 2.45) is 0 Å². The van der Waals surface area contributed by atoms with Crippen molar-refractivity contribution >= 4 is 17.7 Å². The van der Waals surface area contributed by atoms with Crippen molar-refractivity contribution < 1.29 is 4.79 Å². The fourth-order valence-corrected chi connectivity index (χ4v) is 2.05. The predicted molar refractivity (Wildman–Crippen MR) is 78.8 cm³/mol. The molecule has 0 aliphatic carbocycles. The average molecular weight is 266 g/mol. The zero-order chi connectivity index (χ0) is 13.1. The molecular formula is C14H22N2OS. The van der Waals surface area contributed by atoms with Crippen LogP contribution >= 0.6 is 11.8 Å². The summed E-state index contributed by atoms with van der Waals surface area (Å²) in [5.41, 5.74) is 1.13. The SMILES string of the molecule is CSCCCCNCC(=O)NCc1ccccc1. The zero-order valence-electron chi connectivity index (χ0n) is 10.9. The quantitative estimate of drug-likeness (QED) is 0.672. The van der Waals surface area contributed by atoms with Gasteiger partial charge in [-0.2, -0.15) is 11.8 Å². The van der Waals surface area contributed by atoms with Crippen LogP contribution in [0, 0.1) is 0 Å². The maximum Gasteiger partial charge on any atom is 0.234 e. The molecule has 0 fully saturated rings. The van der Waals surface area contributed by atoms with Crippen molar-refractivity contribution in [2.75, 3.05) is 25.1 Å². The number of carbonyl (C=O) groups is 1. The smallest absolute Gasteiger partial charge is 0.234 e. The molecular weight excluding hydrogens is 244 g/mol. The molecule has 0 aliphatic rings. The number of unbranched alkanes of at least 4 members (excludes halogenated alkanes) is 1. The highest BCUT2D eigenvalue weighted by Crippen LogP contribution is 1.98. The third-order valence-corrected chi connectivity index (χ3v) is 3.27. The van der Waals surface area contributed by atoms with E-state index < -0.39 is 0 Å². The number of nitrogens with one attached hydrogen (secondary N) is 2. The van der Waals surface area contributed by atoms with Gasteiger partial charge < -0.3 is 10.6 Å². The van der Waals surface area contributed by atoms with Gasteiger partial charge in [0.1, 0.15) is 0 Å². The van der Waals surface area contributed by atoms with Gasteiger partial charge in [0.2, 0.25) is 5.91 Å². The molecule has 3 nitrogen and oxygen atoms in total. The van der Waals surface area contributed by atoms with Crippen molar-refractivity contribution in [1.29, 1.82) is 0 Å². The van der Waals surface area contributed by atoms with E-state index in [1.807, 2.05) is 42.1 Å². The van der Waals surface area contributed by atoms with E-state index in [9.17, 15) is 4.79 Å². The summed E-state index contributed by atoms with van der Waals surface area (Å²) in [4.78, 5) is 11.5. The normalized spacial score (nSPS) is 10.3. The Balaban J connectivity index is 2.01. The van der Waals surface area contributed by atoms with E-state index in [-0.39, 0.29) is 5.91 Å². The number of carbonyl (C=O) groups excluding carboxylic acids is 1. The number of thioether (sulfide) groups is 1. The van der Waals surface area contributed by atoms with Crippen LogP contribution in [0.4, 0.5) is 0 Å². The van der Waals surface area contributed by atoms with Crippen molar-refractivity contribution in [3.63, 3.8) is 0 Å². The summed E-state index contributed by atoms with van der Waals surface area (Å²) in [7, 11) is 0. The van der Waals surface area contributed by atoms with Gasteiger partial charge in [-0.15, -0.1) is 0 Å². The molecule has 2 N–H and O–H groups in total. The summed E-state index contributed by atoms with van der Waals surface area (Å²) in [6.07, 6.45) is 4.46. The van der Waals surface area contributed by atoms with E-state index in [2.05, 4.69) is 16.9 Å². The summed E-state index contributed by atoms with van der Waals surface area (Å²) in [5, 5.41) is 6.05. The zero-order valence-corrected chi connectivity index (χ0v) is 11.8. The third kappa shape index (κ3) is 7.35. The number of hydrogen-bond donors (Lipinski definition) is 2. The van der Waals surface area contributed by atoms with E-state index in [0.717, 1.165) is 18.5 Å². The molecule has 1 aromatic carbocycles. The Kier molecular flexibility index (Phi) is 8.34. The predicted octanol–water partition coefficient (Wildman–Crippen LogP) is 2.04. The van der Waals surface area contributed by atoms with E-state index >= 15 is 0 Å². The van der Waals surface area contributed by atoms with Gasteiger partial charge in [0, 0.05) is 6.54 Å². The second kappa shape index (κ2) is 9.97. The minimum Gasteiger partial charge on any atom is -0.351 e. The van der Waals surface area contributed by atoms with Gasteiger partial charge in [0.25, 0.3) is 0 Å². The molecule has 1 aromatic rings. The van der Waals surface area contributed by atoms with Gasteiger partial charge in [-0.1, -0.05) is 30.3 Å². The van der Waals surface area contributed by atoms with Gasteiger partial charge in [-0.05, 0) is 37.0 Å². The van der Waals surface area contributed by atoms with E-state index in [1.165, 1.54) is 12.2 Å². The second-order valence-corrected chi connectivity index (χ2v) is 5.12. The lowest BCUT2D eigenvalue weighted by Crippen LogP contribution is -2.33. The summed E-state index contributed by atoms with van der Waals surface area (Å²) in [6, 6.07) is 9.95. The Morgan fingerprint density at radius 2 is 2.00 bits per heavy atom. The molecule has 0 heterocycles. The topological polar surface area (TPSA) is 41.1 Å². The summed E-state index contributed by atoms with van der Waals surface area (Å²) in [6.45, 7) is 1.93. The summed E-state index contributed by atoms with van der Waals surface area (Å²) < 4.78 is 0. The Morgan fingerprint density at radius 1 is 1.22 bits per heavy atom. The first-order chi connectivity index (χ1) is 8.83. The second-order valence-electron chi connectivity index (χ2n) is 4.14. The minimum atomic E-state index is 0.0590. The number of rotatable bonds is 9. The van der Waals surface area contributed by atoms with Gasteiger partial charge in [-0.3, -0.25) is 4.79 Å². The van der Waals surface area contributed by atoms with Crippen LogP contribution in [-0.2, 0) is 11.3 Å². The maximum atomic E-state index is 11.5. The molecule has 0 atom stereocenters. The van der Waals surface area contributed by atoms with E-state index in [1.54, 1.807) is 0 Å². The molecule has 0 aliphatic heterocycles. The Bertz CT molecular complexity index is 330. The molecule has 0 aromatic heterocycles. The van der Waals surface area contributed by atoms with Crippen LogP contribution in [0.2, 0.25) is 0 Å². The molecule has 4 heteroatoms. The highest BCUT2D eigenvalue weighted by atomic mass is 32.2. The van der Waals surface area contributed by atoms with E-state index in [4.69, 9.17) is 0 Å². The number of amides is 1. The molecule has 1 amide bonds. The minimum absolute atomic E-state index is 0.0590. The third-order valence-electron chi connectivity index (χ3n) is 2.57. The molecule has 100 valence electrons. The summed E-state index contributed by atoms with van der Waals surface area (Å²) >= 11 is 1.86. The van der Waals surface area contributed by atoms with Crippen molar-refractivity contribution in [3.8, 4) is 0 Å². The fraction of sp³-hybridized carbons (Fsp3) is 0.500. The number of benzene rings is 1. The van der Waals surface area contributed by atoms with Crippen LogP contribution in [0.1, 0.15) is 18.4 Å². The largest absolute Gasteiger partial charge is 0.351 e. The van der Waals surface area contributed by atoms with Crippen molar-refractivity contribution in [1.82, 2.24) is 10.6 Å². The first kappa shape index (κ1) is 15.1. The van der Waals surface area contributed by atoms with Crippen LogP contribution in [0.15, 0.2) is 30.3 Å². The molecule has 0 bridgehead atoms. The van der Waals surface area contributed by atoms with Crippen molar-refractivity contribution in [2.45, 2.75) is 19.4 Å². The van der Waals surface area contributed by atoms with Crippen molar-refractivity contribution in [3.05, 3.63) is 35.9 Å². The first-order valence-corrected chi connectivity index (χ1v) is 7.72. The van der Waals surface area contributed by atoms with E-state index in [0.29, 0.717) is 13.1 Å². The van der Waals surface area contributed by atoms with Gasteiger partial charge in [-0.25, -0.2) is 0 Å². The standard InChI is InChI=1S/C14H22N2OS/c1-18-10-6-5-9-15-12-14(17)16-11-13-7-3-2-4-8-13/h2-4,7-8,15H,5-6,9-12H2,1H3,(H,16,17). The Hall–Kier alpha value is -1.00. The fourth-order valence-electron chi connectivity index (χ4n) is 1.56. The Morgan fingerprint density at radius 3 is 2.72 bits per heavy atom. The molecule has 18 heavy (non-hydrogen) atoms. The molecule has 0 unspecified atom stereocenters. The lowest BCUT2D eigenvalue weighted by atomic mass is 10.2. The average Bonchev–Trinajstić information content (AvgIpc) is 2.41.